The number of aromatic nitrogens is 2. The predicted molar refractivity (Wildman–Crippen MR) is 264 cm³/mol. The highest BCUT2D eigenvalue weighted by Crippen LogP contribution is 2.70. The van der Waals surface area contributed by atoms with Crippen LogP contribution in [0, 0.1) is 23.7 Å². The summed E-state index contributed by atoms with van der Waals surface area (Å²) in [5.41, 5.74) is 20.5. The van der Waals surface area contributed by atoms with Gasteiger partial charge < -0.3 is 0 Å². The predicted octanol–water partition coefficient (Wildman–Crippen LogP) is 14.0. The van der Waals surface area contributed by atoms with Crippen LogP contribution in [0.5, 0.6) is 0 Å². The average Bonchev–Trinajstić information content (AvgIpc) is 3.76. The molecule has 0 saturated heterocycles. The summed E-state index contributed by atoms with van der Waals surface area (Å²) in [6.45, 7) is 5.21. The average molecular weight is 825 g/mol. The third kappa shape index (κ3) is 4.95. The van der Waals surface area contributed by atoms with Gasteiger partial charge in [0.2, 0.25) is 0 Å². The minimum absolute atomic E-state index is 0.187. The van der Waals surface area contributed by atoms with Crippen LogP contribution in [0.2, 0.25) is 13.1 Å². The molecule has 0 amide bonds. The van der Waals surface area contributed by atoms with E-state index in [2.05, 4.69) is 183 Å². The standard InChI is InChI=1S/C60H48N2Si/c1-63(2)53-29-27-51-54(48-18-8-9-21-50(48)60(51)44-31-36-30-37(33-44)34-45(60)32-36)55(53)49-20-11-19-47(59(49)63)40-24-22-38(23-25-40)42-15-10-16-43(35-42)57-56(41-13-4-3-5-14-41)62-58-46-17-7-6-12-39(46)26-28-52(58)61-57/h3-29,35-37,44-45H,30-34H2,1-2H3. The van der Waals surface area contributed by atoms with E-state index in [9.17, 15) is 0 Å². The van der Waals surface area contributed by atoms with Crippen molar-refractivity contribution in [1.82, 2.24) is 9.97 Å². The highest BCUT2D eigenvalue weighted by atomic mass is 28.3. The largest absolute Gasteiger partial charge is 0.244 e. The van der Waals surface area contributed by atoms with Crippen molar-refractivity contribution in [2.45, 2.75) is 50.6 Å². The lowest BCUT2D eigenvalue weighted by molar-refractivity contribution is -0.0399. The molecule has 4 saturated carbocycles. The van der Waals surface area contributed by atoms with Crippen LogP contribution in [0.1, 0.15) is 43.2 Å². The van der Waals surface area contributed by atoms with Gasteiger partial charge in [-0.2, -0.15) is 0 Å². The third-order valence-corrected chi connectivity index (χ3v) is 20.2. The normalized spacial score (nSPS) is 23.0. The number of nitrogens with zero attached hydrogens (tertiary/aromatic N) is 2. The van der Waals surface area contributed by atoms with Gasteiger partial charge in [-0.25, -0.2) is 9.97 Å². The Kier molecular flexibility index (Phi) is 7.48. The maximum Gasteiger partial charge on any atom is 0.114 e. The lowest BCUT2D eigenvalue weighted by Crippen LogP contribution is -2.55. The number of rotatable bonds is 4. The fraction of sp³-hybridized carbons (Fsp3) is 0.200. The molecule has 0 N–H and O–H groups in total. The molecular weight excluding hydrogens is 777 g/mol. The lowest BCUT2D eigenvalue weighted by Gasteiger charge is -2.61. The number of hydrogen-bond donors (Lipinski definition) is 0. The summed E-state index contributed by atoms with van der Waals surface area (Å²) >= 11 is 0. The smallest absolute Gasteiger partial charge is 0.114 e. The van der Waals surface area contributed by atoms with E-state index in [1.807, 2.05) is 0 Å². The summed E-state index contributed by atoms with van der Waals surface area (Å²) in [5, 5.41) is 5.52. The van der Waals surface area contributed by atoms with E-state index in [4.69, 9.17) is 9.97 Å². The summed E-state index contributed by atoms with van der Waals surface area (Å²) in [6, 6.07) is 63.6. The molecule has 1 aromatic heterocycles. The fourth-order valence-corrected chi connectivity index (χ4v) is 17.8. The molecule has 1 aliphatic heterocycles. The highest BCUT2D eigenvalue weighted by molar-refractivity contribution is 7.04. The molecule has 1 spiro atoms. The third-order valence-electron chi connectivity index (χ3n) is 16.6. The molecule has 8 aromatic carbocycles. The van der Waals surface area contributed by atoms with Gasteiger partial charge in [-0.3, -0.25) is 0 Å². The van der Waals surface area contributed by atoms with Crippen LogP contribution in [0.3, 0.4) is 0 Å². The molecule has 9 aromatic rings. The first-order chi connectivity index (χ1) is 30.9. The summed E-state index contributed by atoms with van der Waals surface area (Å²) in [7, 11) is -2.07. The van der Waals surface area contributed by atoms with Crippen molar-refractivity contribution in [2.75, 3.05) is 0 Å². The zero-order valence-electron chi connectivity index (χ0n) is 35.9. The van der Waals surface area contributed by atoms with Gasteiger partial charge in [0, 0.05) is 21.9 Å². The van der Waals surface area contributed by atoms with Crippen LogP contribution in [0.15, 0.2) is 170 Å². The molecule has 4 bridgehead atoms. The van der Waals surface area contributed by atoms with Crippen LogP contribution in [0.4, 0.5) is 0 Å². The van der Waals surface area contributed by atoms with Gasteiger partial charge in [-0.1, -0.05) is 171 Å². The maximum absolute atomic E-state index is 5.36. The molecule has 2 heterocycles. The number of fused-ring (bicyclic) bond motifs is 10. The Morgan fingerprint density at radius 1 is 0.460 bits per heavy atom. The molecule has 6 aliphatic rings. The van der Waals surface area contributed by atoms with Gasteiger partial charge in [0.05, 0.1) is 22.4 Å². The van der Waals surface area contributed by atoms with E-state index in [1.165, 1.54) is 70.9 Å². The van der Waals surface area contributed by atoms with Gasteiger partial charge in [-0.15, -0.1) is 0 Å². The van der Waals surface area contributed by atoms with Crippen LogP contribution < -0.4 is 10.4 Å². The fourth-order valence-electron chi connectivity index (χ4n) is 14.3. The van der Waals surface area contributed by atoms with E-state index >= 15 is 0 Å². The minimum atomic E-state index is -2.07. The van der Waals surface area contributed by atoms with Crippen LogP contribution in [0.25, 0.3) is 88.8 Å². The Labute approximate surface area is 370 Å². The molecule has 5 aliphatic carbocycles. The van der Waals surface area contributed by atoms with Gasteiger partial charge in [-0.05, 0) is 139 Å². The summed E-state index contributed by atoms with van der Waals surface area (Å²) in [5.74, 6) is 3.44. The zero-order valence-corrected chi connectivity index (χ0v) is 36.9. The SMILES string of the molecule is C[Si]1(C)c2ccc3c(c2-c2cccc(-c4ccc(-c5cccc(-c6nc7ccc8ccccc8c7nc6-c6ccccc6)c5)cc4)c21)-c1ccccc1C31C2CC3CC(C2)CC1C3. The Morgan fingerprint density at radius 3 is 1.94 bits per heavy atom. The topological polar surface area (TPSA) is 25.8 Å². The molecule has 3 heteroatoms. The quantitative estimate of drug-likeness (QED) is 0.130. The van der Waals surface area contributed by atoms with Crippen molar-refractivity contribution in [2.24, 2.45) is 23.7 Å². The monoisotopic (exact) mass is 824 g/mol. The van der Waals surface area contributed by atoms with Crippen molar-refractivity contribution >= 4 is 40.3 Å². The van der Waals surface area contributed by atoms with Gasteiger partial charge in [0.1, 0.15) is 8.07 Å². The van der Waals surface area contributed by atoms with Gasteiger partial charge >= 0.3 is 0 Å². The Bertz CT molecular complexity index is 3350. The zero-order chi connectivity index (χ0) is 41.6. The van der Waals surface area contributed by atoms with E-state index in [-0.39, 0.29) is 5.41 Å². The number of hydrogen-bond acceptors (Lipinski definition) is 2. The van der Waals surface area contributed by atoms with Crippen molar-refractivity contribution < 1.29 is 0 Å². The van der Waals surface area contributed by atoms with E-state index in [0.29, 0.717) is 0 Å². The molecule has 63 heavy (non-hydrogen) atoms. The molecule has 2 nitrogen and oxygen atoms in total. The Balaban J connectivity index is 0.863. The molecule has 0 unspecified atom stereocenters. The van der Waals surface area contributed by atoms with Crippen molar-refractivity contribution in [3.63, 3.8) is 0 Å². The van der Waals surface area contributed by atoms with Crippen molar-refractivity contribution in [3.8, 4) is 67.0 Å². The highest BCUT2D eigenvalue weighted by Gasteiger charge is 2.62. The van der Waals surface area contributed by atoms with E-state index in [1.54, 1.807) is 32.6 Å². The number of benzene rings is 8. The summed E-state index contributed by atoms with van der Waals surface area (Å²) in [6.07, 6.45) is 7.16. The molecule has 15 rings (SSSR count). The first-order valence-electron chi connectivity index (χ1n) is 23.3. The van der Waals surface area contributed by atoms with E-state index in [0.717, 1.165) is 62.6 Å². The molecule has 0 atom stereocenters. The minimum Gasteiger partial charge on any atom is -0.244 e. The molecule has 0 radical (unpaired) electrons. The van der Waals surface area contributed by atoms with Crippen LogP contribution in [-0.2, 0) is 5.41 Å². The van der Waals surface area contributed by atoms with Crippen LogP contribution in [-0.4, -0.2) is 18.0 Å². The summed E-state index contributed by atoms with van der Waals surface area (Å²) in [4.78, 5) is 10.7. The Hall–Kier alpha value is -6.42. The molecule has 302 valence electrons. The van der Waals surface area contributed by atoms with E-state index < -0.39 is 8.07 Å². The van der Waals surface area contributed by atoms with Gasteiger partial charge in [0.25, 0.3) is 0 Å². The Morgan fingerprint density at radius 2 is 1.11 bits per heavy atom. The van der Waals surface area contributed by atoms with Crippen molar-refractivity contribution in [3.05, 3.63) is 181 Å². The lowest BCUT2D eigenvalue weighted by atomic mass is 9.43. The maximum atomic E-state index is 5.36. The van der Waals surface area contributed by atoms with Crippen LogP contribution >= 0.6 is 0 Å². The first kappa shape index (κ1) is 36.1. The molecule has 4 fully saturated rings. The second-order valence-electron chi connectivity index (χ2n) is 20.1. The van der Waals surface area contributed by atoms with Gasteiger partial charge in [0.15, 0.2) is 0 Å². The summed E-state index contributed by atoms with van der Waals surface area (Å²) < 4.78 is 0. The van der Waals surface area contributed by atoms with Crippen molar-refractivity contribution in [1.29, 1.82) is 0 Å². The second kappa shape index (κ2) is 13.1. The first-order valence-corrected chi connectivity index (χ1v) is 26.3. The second-order valence-corrected chi connectivity index (χ2v) is 24.4. The molecular formula is C60H48N2Si.